The first-order valence-corrected chi connectivity index (χ1v) is 5.52. The third-order valence-electron chi connectivity index (χ3n) is 3.21. The first kappa shape index (κ1) is 10.2. The van der Waals surface area contributed by atoms with E-state index in [9.17, 15) is 5.21 Å². The van der Waals surface area contributed by atoms with Crippen LogP contribution in [0.25, 0.3) is 11.8 Å². The van der Waals surface area contributed by atoms with Crippen molar-refractivity contribution in [2.75, 3.05) is 19.4 Å². The standard InChI is InChI=1S/C13H14N2O2/c1-17-12-3-2-8-4-10(14)5-9-6-15(16)7-11(12)13(8)9/h3-6,16H,2,7,14H2,1H3. The van der Waals surface area contributed by atoms with E-state index in [1.807, 2.05) is 18.2 Å². The van der Waals surface area contributed by atoms with E-state index in [0.29, 0.717) is 6.54 Å². The fourth-order valence-electron chi connectivity index (χ4n) is 2.56. The van der Waals surface area contributed by atoms with Crippen LogP contribution in [0, 0.1) is 0 Å². The number of hydroxylamine groups is 2. The van der Waals surface area contributed by atoms with Crippen LogP contribution in [-0.4, -0.2) is 23.9 Å². The Morgan fingerprint density at radius 1 is 1.41 bits per heavy atom. The Balaban J connectivity index is 2.41. The number of benzene rings is 1. The van der Waals surface area contributed by atoms with E-state index in [4.69, 9.17) is 10.5 Å². The summed E-state index contributed by atoms with van der Waals surface area (Å²) < 4.78 is 5.36. The number of allylic oxidation sites excluding steroid dienone is 1. The second-order valence-corrected chi connectivity index (χ2v) is 4.33. The number of nitrogen functional groups attached to an aromatic ring is 1. The molecule has 0 saturated heterocycles. The molecule has 0 radical (unpaired) electrons. The van der Waals surface area contributed by atoms with Crippen LogP contribution in [0.15, 0.2) is 24.0 Å². The van der Waals surface area contributed by atoms with Crippen molar-refractivity contribution in [2.45, 2.75) is 6.42 Å². The number of anilines is 1. The highest BCUT2D eigenvalue weighted by Gasteiger charge is 2.19. The summed E-state index contributed by atoms with van der Waals surface area (Å²) in [7, 11) is 1.65. The summed E-state index contributed by atoms with van der Waals surface area (Å²) in [6.45, 7) is 0.448. The molecule has 0 spiro atoms. The number of nitrogens with zero attached hydrogens (tertiary/aromatic N) is 1. The van der Waals surface area contributed by atoms with Crippen LogP contribution < -0.4 is 16.2 Å². The number of nitrogens with two attached hydrogens (primary N) is 1. The normalized spacial score (nSPS) is 17.2. The number of hydrogen-bond donors (Lipinski definition) is 2. The topological polar surface area (TPSA) is 58.7 Å². The molecule has 2 aliphatic rings. The summed E-state index contributed by atoms with van der Waals surface area (Å²) in [6.07, 6.45) is 4.55. The van der Waals surface area contributed by atoms with Crippen LogP contribution in [-0.2, 0) is 11.2 Å². The maximum atomic E-state index is 9.71. The number of methoxy groups -OCH3 is 1. The highest BCUT2D eigenvalue weighted by Crippen LogP contribution is 2.19. The Kier molecular flexibility index (Phi) is 2.12. The molecule has 4 nitrogen and oxygen atoms in total. The molecule has 0 fully saturated rings. The first-order chi connectivity index (χ1) is 8.19. The zero-order valence-corrected chi connectivity index (χ0v) is 9.60. The van der Waals surface area contributed by atoms with Crippen molar-refractivity contribution in [3.63, 3.8) is 0 Å². The van der Waals surface area contributed by atoms with Crippen molar-refractivity contribution in [3.05, 3.63) is 40.0 Å². The number of rotatable bonds is 1. The fraction of sp³-hybridized carbons (Fsp3) is 0.231. The van der Waals surface area contributed by atoms with Gasteiger partial charge in [0.1, 0.15) is 5.76 Å². The van der Waals surface area contributed by atoms with Crippen LogP contribution in [0.2, 0.25) is 0 Å². The zero-order chi connectivity index (χ0) is 12.0. The van der Waals surface area contributed by atoms with Gasteiger partial charge in [0, 0.05) is 22.7 Å². The lowest BCUT2D eigenvalue weighted by Crippen LogP contribution is -2.42. The smallest absolute Gasteiger partial charge is 0.120 e. The third kappa shape index (κ3) is 1.49. The Morgan fingerprint density at radius 3 is 3.00 bits per heavy atom. The van der Waals surface area contributed by atoms with Crippen molar-refractivity contribution in [2.24, 2.45) is 0 Å². The van der Waals surface area contributed by atoms with E-state index in [0.717, 1.165) is 33.9 Å². The van der Waals surface area contributed by atoms with Gasteiger partial charge in [0.2, 0.25) is 0 Å². The van der Waals surface area contributed by atoms with Crippen LogP contribution in [0.3, 0.4) is 0 Å². The summed E-state index contributed by atoms with van der Waals surface area (Å²) >= 11 is 0. The van der Waals surface area contributed by atoms with Gasteiger partial charge in [-0.2, -0.15) is 0 Å². The summed E-state index contributed by atoms with van der Waals surface area (Å²) in [4.78, 5) is 0. The fourth-order valence-corrected chi connectivity index (χ4v) is 2.56. The van der Waals surface area contributed by atoms with Crippen molar-refractivity contribution < 1.29 is 9.94 Å². The van der Waals surface area contributed by atoms with Crippen LogP contribution in [0.5, 0.6) is 0 Å². The van der Waals surface area contributed by atoms with Crippen molar-refractivity contribution >= 4 is 17.5 Å². The molecule has 1 aliphatic carbocycles. The van der Waals surface area contributed by atoms with E-state index in [-0.39, 0.29) is 0 Å². The molecule has 1 heterocycles. The minimum absolute atomic E-state index is 0.448. The van der Waals surface area contributed by atoms with Gasteiger partial charge in [0.05, 0.1) is 13.7 Å². The molecule has 3 rings (SSSR count). The second kappa shape index (κ2) is 3.53. The molecule has 3 N–H and O–H groups in total. The van der Waals surface area contributed by atoms with Crippen molar-refractivity contribution in [1.29, 1.82) is 0 Å². The molecule has 0 amide bonds. The Morgan fingerprint density at radius 2 is 2.24 bits per heavy atom. The minimum Gasteiger partial charge on any atom is -0.497 e. The predicted octanol–water partition coefficient (Wildman–Crippen LogP) is -0.0513. The molecule has 1 aromatic rings. The quantitative estimate of drug-likeness (QED) is 0.664. The van der Waals surface area contributed by atoms with Crippen LogP contribution in [0.4, 0.5) is 5.69 Å². The van der Waals surface area contributed by atoms with Gasteiger partial charge in [-0.1, -0.05) is 0 Å². The van der Waals surface area contributed by atoms with Crippen LogP contribution in [0.1, 0.15) is 5.56 Å². The van der Waals surface area contributed by atoms with Crippen molar-refractivity contribution in [3.8, 4) is 0 Å². The van der Waals surface area contributed by atoms with E-state index >= 15 is 0 Å². The van der Waals surface area contributed by atoms with Gasteiger partial charge in [0.15, 0.2) is 0 Å². The lowest BCUT2D eigenvalue weighted by atomic mass is 9.94. The molecule has 0 unspecified atom stereocenters. The monoisotopic (exact) mass is 230 g/mol. The first-order valence-electron chi connectivity index (χ1n) is 5.52. The predicted molar refractivity (Wildman–Crippen MR) is 65.3 cm³/mol. The molecule has 0 bridgehead atoms. The van der Waals surface area contributed by atoms with Gasteiger partial charge in [-0.3, -0.25) is 10.3 Å². The maximum Gasteiger partial charge on any atom is 0.120 e. The van der Waals surface area contributed by atoms with Gasteiger partial charge in [-0.05, 0) is 35.4 Å². The lowest BCUT2D eigenvalue weighted by molar-refractivity contribution is -0.00844. The maximum absolute atomic E-state index is 9.71. The highest BCUT2D eigenvalue weighted by molar-refractivity contribution is 5.69. The molecular formula is C13H14N2O2. The van der Waals surface area contributed by atoms with Gasteiger partial charge < -0.3 is 10.5 Å². The Labute approximate surface area is 98.9 Å². The zero-order valence-electron chi connectivity index (χ0n) is 9.60. The Hall–Kier alpha value is -1.94. The summed E-state index contributed by atoms with van der Waals surface area (Å²) in [5.74, 6) is 0.843. The minimum atomic E-state index is 0.448. The molecule has 0 saturated carbocycles. The van der Waals surface area contributed by atoms with E-state index in [1.54, 1.807) is 13.3 Å². The number of hydrogen-bond acceptors (Lipinski definition) is 4. The van der Waals surface area contributed by atoms with Gasteiger partial charge in [-0.15, -0.1) is 0 Å². The van der Waals surface area contributed by atoms with E-state index < -0.39 is 0 Å². The van der Waals surface area contributed by atoms with Gasteiger partial charge in [-0.25, -0.2) is 0 Å². The van der Waals surface area contributed by atoms with E-state index in [1.165, 1.54) is 10.6 Å². The largest absolute Gasteiger partial charge is 0.497 e. The number of ether oxygens (including phenoxy) is 1. The molecule has 1 aliphatic heterocycles. The third-order valence-corrected chi connectivity index (χ3v) is 3.21. The van der Waals surface area contributed by atoms with Gasteiger partial charge in [0.25, 0.3) is 0 Å². The molecule has 1 aromatic carbocycles. The van der Waals surface area contributed by atoms with Gasteiger partial charge >= 0.3 is 0 Å². The summed E-state index contributed by atoms with van der Waals surface area (Å²) in [5.41, 5.74) is 8.80. The Bertz CT molecular complexity index is 632. The van der Waals surface area contributed by atoms with E-state index in [2.05, 4.69) is 0 Å². The second-order valence-electron chi connectivity index (χ2n) is 4.33. The molecule has 0 aromatic heterocycles. The van der Waals surface area contributed by atoms with Crippen LogP contribution >= 0.6 is 0 Å². The van der Waals surface area contributed by atoms with Crippen molar-refractivity contribution in [1.82, 2.24) is 5.06 Å². The molecule has 0 atom stereocenters. The summed E-state index contributed by atoms with van der Waals surface area (Å²) in [6, 6.07) is 3.86. The average Bonchev–Trinajstić information content (AvgIpc) is 2.28. The molecule has 17 heavy (non-hydrogen) atoms. The average molecular weight is 230 g/mol. The molecule has 4 heteroatoms. The SMILES string of the molecule is COC1=CCc2cc(N)cc3c2=C1CN(O)C=3. The summed E-state index contributed by atoms with van der Waals surface area (Å²) in [5, 5.41) is 13.0. The molecular weight excluding hydrogens is 216 g/mol. The molecule has 88 valence electrons. The highest BCUT2D eigenvalue weighted by atomic mass is 16.5. The lowest BCUT2D eigenvalue weighted by Gasteiger charge is -2.24.